The van der Waals surface area contributed by atoms with E-state index in [1.807, 2.05) is 61.5 Å². The van der Waals surface area contributed by atoms with Gasteiger partial charge in [0.2, 0.25) is 0 Å². The predicted molar refractivity (Wildman–Crippen MR) is 787 cm³/mol. The molecule has 0 aliphatic carbocycles. The second kappa shape index (κ2) is 77.6. The third-order valence-electron chi connectivity index (χ3n) is 11.0. The average Bonchev–Trinajstić information content (AvgIpc) is 0.754. The maximum atomic E-state index is 6.20. The number of rotatable bonds is 40. The van der Waals surface area contributed by atoms with Crippen molar-refractivity contribution >= 4 is 667 Å². The quantitative estimate of drug-likeness (QED) is 0.0328. The maximum absolute atomic E-state index is 6.20. The lowest BCUT2D eigenvalue weighted by Gasteiger charge is -2.56. The Morgan fingerprint density at radius 1 is 0.291 bits per heavy atom. The summed E-state index contributed by atoms with van der Waals surface area (Å²) in [5.41, 5.74) is 4.64. The SMILES string of the molecule is Cc1c(Cl)ncnc1Cl.Cc1ccc(-c2ncnc(Cl)c2OCc2ccccc2)cc1.PP(P)P(P)P(P(P)P)P(P(P(P(P)P)P(P)P)P(P(P)P)P(P)P)P(P(P(P)P)P(P)P)P(P(P)P)P(P)P.PPP(P)P(P(P)P)P(P(P(P(P)P)P(P)P)P(P(P)P)P(P)P)P(P(P(P)P)P(P)P)P(P(P)P)P(P)P. The van der Waals surface area contributed by atoms with Crippen LogP contribution in [0.25, 0.3) is 11.3 Å². The van der Waals surface area contributed by atoms with E-state index in [9.17, 15) is 0 Å². The molecule has 0 bridgehead atoms. The fraction of sp³-hybridized carbons (Fsp3) is 0.130. The number of ether oxygens (including phenoxy) is 1. The van der Waals surface area contributed by atoms with Crippen LogP contribution in [0.1, 0.15) is 16.7 Å². The van der Waals surface area contributed by atoms with Gasteiger partial charge in [-0.15, -0.1) is 366 Å². The Morgan fingerprint density at radius 2 is 0.536 bits per heavy atom. The zero-order valence-corrected chi connectivity index (χ0v) is 141. The Hall–Kier alpha value is 31.2. The van der Waals surface area contributed by atoms with E-state index < -0.39 is 0 Å². The number of benzene rings is 2. The highest BCUT2D eigenvalue weighted by Gasteiger charge is 2.57. The molecule has 4 aromatic rings. The van der Waals surface area contributed by atoms with E-state index in [0.29, 0.717) is 33.5 Å². The average molecular weight is 3000 g/mol. The molecular weight excluding hydrogens is 2900 g/mol. The van der Waals surface area contributed by atoms with Gasteiger partial charge in [0.25, 0.3) is 0 Å². The van der Waals surface area contributed by atoms with Crippen molar-refractivity contribution in [3.05, 3.63) is 99.4 Å². The molecule has 87 heteroatoms. The van der Waals surface area contributed by atoms with Crippen molar-refractivity contribution in [1.82, 2.24) is 19.9 Å². The highest BCUT2D eigenvalue weighted by molar-refractivity contribution is 9.51. The summed E-state index contributed by atoms with van der Waals surface area (Å²) in [5.74, 6) is 0.511. The summed E-state index contributed by atoms with van der Waals surface area (Å²) < 4.78 is 5.88. The Kier molecular flexibility index (Phi) is 98.2. The molecule has 636 valence electrons. The number of aryl methyl sites for hydroxylation is 1. The number of halogens is 3. The van der Waals surface area contributed by atoms with Gasteiger partial charge in [-0.05, 0) is 278 Å². The first kappa shape index (κ1) is 139. The van der Waals surface area contributed by atoms with Crippen molar-refractivity contribution in [3.63, 3.8) is 0 Å². The van der Waals surface area contributed by atoms with E-state index in [1.54, 1.807) is 6.92 Å². The van der Waals surface area contributed by atoms with Crippen LogP contribution < -0.4 is 4.74 Å². The summed E-state index contributed by atoms with van der Waals surface area (Å²) >= 11 is 17.4. The third kappa shape index (κ3) is 51.1. The molecule has 0 aliphatic heterocycles. The minimum Gasteiger partial charge on any atom is -0.483 e. The van der Waals surface area contributed by atoms with Crippen LogP contribution in [0.5, 0.6) is 5.75 Å². The van der Waals surface area contributed by atoms with E-state index in [-0.39, 0.29) is 259 Å². The molecular formula is C23H102Cl3N4OP79. The van der Waals surface area contributed by atoms with Crippen molar-refractivity contribution in [3.8, 4) is 17.0 Å². The van der Waals surface area contributed by atoms with Gasteiger partial charge in [0, 0.05) is 11.1 Å². The van der Waals surface area contributed by atoms with E-state index in [2.05, 4.69) is 386 Å². The molecule has 2 aromatic heterocycles. The predicted octanol–water partition coefficient (Wildman–Crippen LogP) is 52.6. The summed E-state index contributed by atoms with van der Waals surface area (Å²) in [6, 6.07) is 18.0. The summed E-state index contributed by atoms with van der Waals surface area (Å²) in [4.78, 5) is 15.8. The molecule has 110 heavy (non-hydrogen) atoms. The fourth-order valence-electron chi connectivity index (χ4n) is 6.97. The summed E-state index contributed by atoms with van der Waals surface area (Å²) in [5, 5.41) is 1.14. The van der Waals surface area contributed by atoms with Crippen molar-refractivity contribution in [1.29, 1.82) is 0 Å². The van der Waals surface area contributed by atoms with Crippen LogP contribution in [-0.2, 0) is 6.61 Å². The minimum absolute atomic E-state index is 0.0190. The van der Waals surface area contributed by atoms with Gasteiger partial charge in [0.05, 0.1) is 0 Å². The van der Waals surface area contributed by atoms with Crippen LogP contribution in [0.2, 0.25) is 15.5 Å². The first-order chi connectivity index (χ1) is 50.8. The molecule has 0 spiro atoms. The Labute approximate surface area is 816 Å². The Bertz CT molecular complexity index is 2870. The van der Waals surface area contributed by atoms with Gasteiger partial charge in [-0.25, -0.2) is 19.9 Å². The normalized spacial score (nSPS) is 14.3. The zero-order chi connectivity index (χ0) is 85.3. The first-order valence-corrected chi connectivity index (χ1v) is 171. The van der Waals surface area contributed by atoms with Gasteiger partial charge < -0.3 is 4.74 Å². The number of nitrogens with zero attached hydrogens (tertiary/aromatic N) is 4. The van der Waals surface area contributed by atoms with Crippen molar-refractivity contribution in [2.24, 2.45) is 0 Å². The maximum Gasteiger partial charge on any atom is 0.183 e. The third-order valence-corrected chi connectivity index (χ3v) is 548. The lowest BCUT2D eigenvalue weighted by molar-refractivity contribution is 0.305. The molecule has 0 saturated heterocycles. The number of hydrogen-bond acceptors (Lipinski definition) is 5. The molecule has 2 aromatic carbocycles. The Balaban J connectivity index is 0.000000800. The lowest BCUT2D eigenvalue weighted by Crippen LogP contribution is -2.00. The molecule has 0 amide bonds. The van der Waals surface area contributed by atoms with Crippen LogP contribution in [0.15, 0.2) is 67.3 Å². The molecule has 2 heterocycles. The van der Waals surface area contributed by atoms with E-state index in [4.69, 9.17) is 39.5 Å². The Morgan fingerprint density at radius 3 is 0.782 bits per heavy atom. The first-order valence-electron chi connectivity index (χ1n) is 27.2. The lowest BCUT2D eigenvalue weighted by atomic mass is 10.1. The van der Waals surface area contributed by atoms with Gasteiger partial charge in [0.15, 0.2) is 10.9 Å². The molecule has 0 fully saturated rings. The van der Waals surface area contributed by atoms with Crippen molar-refractivity contribution < 1.29 is 4.74 Å². The molecule has 46 unspecified atom stereocenters. The van der Waals surface area contributed by atoms with Gasteiger partial charge in [-0.3, -0.25) is 0 Å². The second-order valence-electron chi connectivity index (χ2n) is 18.9. The summed E-state index contributed by atoms with van der Waals surface area (Å²) in [7, 11) is 140. The van der Waals surface area contributed by atoms with E-state index in [1.165, 1.54) is 18.2 Å². The van der Waals surface area contributed by atoms with Crippen LogP contribution in [0, 0.1) is 13.8 Å². The summed E-state index contributed by atoms with van der Waals surface area (Å²) in [6.07, 6.45) is 2.78. The molecule has 5 nitrogen and oxygen atoms in total. The van der Waals surface area contributed by atoms with Crippen LogP contribution >= 0.6 is 667 Å². The highest BCUT2D eigenvalue weighted by Crippen LogP contribution is 3.45. The highest BCUT2D eigenvalue weighted by atomic mass is 35.5. The molecule has 0 radical (unpaired) electrons. The minimum atomic E-state index is -0.146. The smallest absolute Gasteiger partial charge is 0.183 e. The van der Waals surface area contributed by atoms with Crippen molar-refractivity contribution in [2.75, 3.05) is 0 Å². The van der Waals surface area contributed by atoms with Crippen LogP contribution in [0.4, 0.5) is 0 Å². The molecule has 0 saturated carbocycles. The molecule has 46 atom stereocenters. The van der Waals surface area contributed by atoms with E-state index in [0.717, 1.165) is 24.6 Å². The topological polar surface area (TPSA) is 60.8 Å². The van der Waals surface area contributed by atoms with Gasteiger partial charge in [-0.2, -0.15) is 0 Å². The van der Waals surface area contributed by atoms with Gasteiger partial charge in [-0.1, -0.05) is 103 Å². The number of aromatic nitrogens is 4. The zero-order valence-electron chi connectivity index (χ0n) is 57.6. The van der Waals surface area contributed by atoms with Crippen molar-refractivity contribution in [2.45, 2.75) is 20.5 Å². The van der Waals surface area contributed by atoms with Gasteiger partial charge in [0.1, 0.15) is 35.3 Å². The molecule has 4 rings (SSSR count). The molecule has 0 aliphatic rings. The fourth-order valence-corrected chi connectivity index (χ4v) is 1080. The largest absolute Gasteiger partial charge is 0.483 e. The summed E-state index contributed by atoms with van der Waals surface area (Å²) in [6.45, 7) is 1.13. The second-order valence-corrected chi connectivity index (χ2v) is 340. The van der Waals surface area contributed by atoms with Crippen LogP contribution in [0.3, 0.4) is 0 Å². The monoisotopic (exact) mass is 3000 g/mol. The molecule has 0 N–H and O–H groups in total. The van der Waals surface area contributed by atoms with Crippen LogP contribution in [-0.4, -0.2) is 19.9 Å². The number of hydrogen-bond donors (Lipinski definition) is 0. The van der Waals surface area contributed by atoms with Gasteiger partial charge >= 0.3 is 0 Å². The standard InChI is InChI=1S/C18H15ClN2O.C5H4Cl2N2.H42P40.H41P39/c1-13-7-9-15(10-8-13)16-17(18(19)21-12-20-16)22-11-14-5-3-2-4-6-14;1-3-4(6)8-2-9-5(3)7;1-22(2)32(21)37(31(19)20)40(38(33(23(3)4)24(5)6)34(25(7)8)26(9)10)39(35(27(11)12)28(13)14)36(29(15)16)30(17)18;1-21-31(20)36(30(18)19)39(37(32(22(2)3)23(4)5)33(24(6)7)25(8)9)38(34(26(10)11)27(12)13)35(28(14)15)29(16)17/h2-10,12H,11H2,1H3;2H,1H3;1-21H2;21H,1-20H2. The van der Waals surface area contributed by atoms with E-state index >= 15 is 0 Å².